The van der Waals surface area contributed by atoms with Gasteiger partial charge in [0.05, 0.1) is 16.6 Å². The highest BCUT2D eigenvalue weighted by Crippen LogP contribution is 2.42. The van der Waals surface area contributed by atoms with E-state index < -0.39 is 6.04 Å². The molecule has 3 aromatic rings. The zero-order valence-corrected chi connectivity index (χ0v) is 15.9. The number of fused-ring (bicyclic) bond motifs is 3. The molecule has 146 valence electrons. The van der Waals surface area contributed by atoms with Gasteiger partial charge in [-0.15, -0.1) is 12.8 Å². The fourth-order valence-corrected chi connectivity index (χ4v) is 3.48. The fraction of sp³-hybridized carbons (Fsp3) is 0.130. The number of nitrogens with two attached hydrogens (primary N) is 1. The molecule has 0 saturated heterocycles. The highest BCUT2D eigenvalue weighted by Gasteiger charge is 2.33. The van der Waals surface area contributed by atoms with E-state index in [1.807, 2.05) is 28.8 Å². The number of aromatic nitrogens is 2. The Labute approximate surface area is 173 Å². The molecule has 1 aromatic heterocycles. The summed E-state index contributed by atoms with van der Waals surface area (Å²) in [6.07, 6.45) is 10.7. The topological polar surface area (TPSA) is 98.1 Å². The van der Waals surface area contributed by atoms with Crippen molar-refractivity contribution in [1.29, 1.82) is 5.26 Å². The molecule has 2 aromatic carbocycles. The number of imidazole rings is 1. The van der Waals surface area contributed by atoms with Gasteiger partial charge in [0.25, 0.3) is 0 Å². The average Bonchev–Trinajstić information content (AvgIpc) is 3.13. The van der Waals surface area contributed by atoms with E-state index in [2.05, 4.69) is 28.2 Å². The molecule has 0 radical (unpaired) electrons. The first-order valence-electron chi connectivity index (χ1n) is 9.08. The van der Waals surface area contributed by atoms with Gasteiger partial charge in [0.2, 0.25) is 5.95 Å². The molecule has 1 unspecified atom stereocenters. The van der Waals surface area contributed by atoms with Crippen LogP contribution in [0.2, 0.25) is 0 Å². The van der Waals surface area contributed by atoms with E-state index in [-0.39, 0.29) is 19.0 Å². The predicted molar refractivity (Wildman–Crippen MR) is 113 cm³/mol. The molecule has 1 aliphatic heterocycles. The van der Waals surface area contributed by atoms with Gasteiger partial charge in [-0.1, -0.05) is 24.0 Å². The molecule has 2 heterocycles. The van der Waals surface area contributed by atoms with Crippen LogP contribution in [-0.2, 0) is 0 Å². The molecule has 0 spiro atoms. The average molecular weight is 395 g/mol. The second kappa shape index (κ2) is 7.83. The van der Waals surface area contributed by atoms with E-state index in [0.717, 1.165) is 11.0 Å². The quantitative estimate of drug-likeness (QED) is 0.645. The highest BCUT2D eigenvalue weighted by atomic mass is 16.5. The summed E-state index contributed by atoms with van der Waals surface area (Å²) in [7, 11) is 0. The third kappa shape index (κ3) is 3.13. The zero-order chi connectivity index (χ0) is 21.1. The number of hydrogen-bond acceptors (Lipinski definition) is 6. The predicted octanol–water partition coefficient (Wildman–Crippen LogP) is 2.77. The van der Waals surface area contributed by atoms with Gasteiger partial charge in [-0.05, 0) is 30.3 Å². The van der Waals surface area contributed by atoms with Crippen LogP contribution in [0.25, 0.3) is 11.0 Å². The molecule has 4 rings (SSSR count). The van der Waals surface area contributed by atoms with Crippen LogP contribution in [-0.4, -0.2) is 22.8 Å². The summed E-state index contributed by atoms with van der Waals surface area (Å²) in [4.78, 5) is 4.61. The van der Waals surface area contributed by atoms with Gasteiger partial charge < -0.3 is 20.5 Å². The third-order valence-corrected chi connectivity index (χ3v) is 4.69. The summed E-state index contributed by atoms with van der Waals surface area (Å²) in [5, 5.41) is 12.9. The highest BCUT2D eigenvalue weighted by molar-refractivity contribution is 5.81. The number of rotatable bonds is 5. The van der Waals surface area contributed by atoms with E-state index in [9.17, 15) is 5.26 Å². The van der Waals surface area contributed by atoms with Gasteiger partial charge in [0, 0.05) is 5.56 Å². The largest absolute Gasteiger partial charge is 0.481 e. The molecule has 3 N–H and O–H groups in total. The number of nitrogens with one attached hydrogen (secondary N) is 1. The van der Waals surface area contributed by atoms with E-state index >= 15 is 0 Å². The Morgan fingerprint density at radius 2 is 1.90 bits per heavy atom. The van der Waals surface area contributed by atoms with Crippen LogP contribution in [0.15, 0.2) is 53.9 Å². The van der Waals surface area contributed by atoms with Crippen LogP contribution in [0.3, 0.4) is 0 Å². The number of nitrogens with zero attached hydrogens (tertiary/aromatic N) is 3. The monoisotopic (exact) mass is 395 g/mol. The van der Waals surface area contributed by atoms with Gasteiger partial charge in [-0.25, -0.2) is 4.98 Å². The van der Waals surface area contributed by atoms with Crippen LogP contribution in [0.4, 0.5) is 5.95 Å². The lowest BCUT2D eigenvalue weighted by atomic mass is 9.96. The fourth-order valence-electron chi connectivity index (χ4n) is 3.48. The second-order valence-electron chi connectivity index (χ2n) is 6.45. The Kier molecular flexibility index (Phi) is 4.91. The molecule has 0 fully saturated rings. The first kappa shape index (κ1) is 18.8. The van der Waals surface area contributed by atoms with Crippen LogP contribution >= 0.6 is 0 Å². The van der Waals surface area contributed by atoms with Crippen molar-refractivity contribution in [2.75, 3.05) is 18.5 Å². The van der Waals surface area contributed by atoms with E-state index in [4.69, 9.17) is 28.1 Å². The zero-order valence-electron chi connectivity index (χ0n) is 15.9. The summed E-state index contributed by atoms with van der Waals surface area (Å²) in [5.41, 5.74) is 8.77. The van der Waals surface area contributed by atoms with Gasteiger partial charge in [-0.2, -0.15) is 5.26 Å². The number of anilines is 1. The minimum atomic E-state index is -0.596. The van der Waals surface area contributed by atoms with E-state index in [1.54, 1.807) is 18.2 Å². The van der Waals surface area contributed by atoms with Crippen molar-refractivity contribution in [1.82, 2.24) is 9.55 Å². The lowest BCUT2D eigenvalue weighted by Gasteiger charge is -2.29. The number of allylic oxidation sites excluding steroid dienone is 1. The Balaban J connectivity index is 1.97. The molecule has 0 saturated carbocycles. The van der Waals surface area contributed by atoms with Gasteiger partial charge >= 0.3 is 0 Å². The number of ether oxygens (including phenoxy) is 2. The van der Waals surface area contributed by atoms with Crippen LogP contribution < -0.4 is 20.5 Å². The van der Waals surface area contributed by atoms with Crippen molar-refractivity contribution in [3.8, 4) is 42.3 Å². The Morgan fingerprint density at radius 1 is 1.13 bits per heavy atom. The van der Waals surface area contributed by atoms with Crippen LogP contribution in [0.1, 0.15) is 11.6 Å². The Morgan fingerprint density at radius 3 is 2.67 bits per heavy atom. The van der Waals surface area contributed by atoms with Gasteiger partial charge in [0.15, 0.2) is 0 Å². The first-order valence-corrected chi connectivity index (χ1v) is 9.08. The molecule has 1 atom stereocenters. The maximum atomic E-state index is 9.91. The third-order valence-electron chi connectivity index (χ3n) is 4.69. The van der Waals surface area contributed by atoms with Crippen LogP contribution in [0, 0.1) is 36.0 Å². The Bertz CT molecular complexity index is 1280. The smallest absolute Gasteiger partial charge is 0.210 e. The van der Waals surface area contributed by atoms with E-state index in [1.165, 1.54) is 0 Å². The van der Waals surface area contributed by atoms with Gasteiger partial charge in [-0.3, -0.25) is 4.57 Å². The number of terminal acetylenes is 2. The minimum absolute atomic E-state index is 0.0706. The van der Waals surface area contributed by atoms with Crippen molar-refractivity contribution in [2.24, 2.45) is 5.73 Å². The number of nitriles is 1. The lowest BCUT2D eigenvalue weighted by Crippen LogP contribution is -2.28. The van der Waals surface area contributed by atoms with Crippen LogP contribution in [0.5, 0.6) is 11.5 Å². The number of benzene rings is 2. The SMILES string of the molecule is C#CCOc1ccc(OCC#C)c(C2C(C#N)=C(N)Nc3nc4ccccc4n32)c1. The first-order chi connectivity index (χ1) is 14.7. The number of para-hydroxylation sites is 2. The normalized spacial score (nSPS) is 14.8. The summed E-state index contributed by atoms with van der Waals surface area (Å²) in [5.74, 6) is 6.70. The maximum Gasteiger partial charge on any atom is 0.210 e. The summed E-state index contributed by atoms with van der Waals surface area (Å²) < 4.78 is 13.3. The molecule has 7 nitrogen and oxygen atoms in total. The number of hydrogen-bond donors (Lipinski definition) is 2. The molecule has 30 heavy (non-hydrogen) atoms. The molecule has 1 aliphatic rings. The molecular formula is C23H17N5O2. The summed E-state index contributed by atoms with van der Waals surface area (Å²) in [6.45, 7) is 0.180. The minimum Gasteiger partial charge on any atom is -0.481 e. The van der Waals surface area contributed by atoms with Crippen molar-refractivity contribution in [2.45, 2.75) is 6.04 Å². The Hall–Kier alpha value is -4.54. The molecule has 0 amide bonds. The molecule has 0 aliphatic carbocycles. The summed E-state index contributed by atoms with van der Waals surface area (Å²) >= 11 is 0. The summed E-state index contributed by atoms with van der Waals surface area (Å²) in [6, 6.07) is 14.5. The maximum absolute atomic E-state index is 9.91. The van der Waals surface area contributed by atoms with Crippen molar-refractivity contribution in [3.63, 3.8) is 0 Å². The molecule has 7 heteroatoms. The standard InChI is InChI=1S/C23H17N5O2/c1-3-11-29-15-9-10-20(30-12-4-2)16(13-15)21-17(14-24)22(25)27-23-26-18-7-5-6-8-19(18)28(21)23/h1-2,5-10,13,21H,11-12,25H2,(H,26,27). The lowest BCUT2D eigenvalue weighted by molar-refractivity contribution is 0.353. The van der Waals surface area contributed by atoms with Crippen molar-refractivity contribution >= 4 is 17.0 Å². The molecule has 0 bridgehead atoms. The van der Waals surface area contributed by atoms with Crippen molar-refractivity contribution in [3.05, 3.63) is 59.4 Å². The molecular weight excluding hydrogens is 378 g/mol. The van der Waals surface area contributed by atoms with Gasteiger partial charge in [0.1, 0.15) is 42.6 Å². The van der Waals surface area contributed by atoms with E-state index in [0.29, 0.717) is 28.6 Å². The van der Waals surface area contributed by atoms with Crippen molar-refractivity contribution < 1.29 is 9.47 Å². The second-order valence-corrected chi connectivity index (χ2v) is 6.45.